The van der Waals surface area contributed by atoms with Crippen LogP contribution >= 0.6 is 0 Å². The van der Waals surface area contributed by atoms with E-state index in [1.54, 1.807) is 12.1 Å². The van der Waals surface area contributed by atoms with Gasteiger partial charge in [-0.3, -0.25) is 4.98 Å². The maximum atomic E-state index is 15.6. The highest BCUT2D eigenvalue weighted by atomic mass is 19.1. The minimum atomic E-state index is -0.575. The molecular weight excluding hydrogens is 505 g/mol. The molecule has 2 heterocycles. The van der Waals surface area contributed by atoms with E-state index in [0.717, 1.165) is 27.5 Å². The van der Waals surface area contributed by atoms with Crippen LogP contribution in [0, 0.1) is 24.1 Å². The number of aromatic nitrogens is 1. The van der Waals surface area contributed by atoms with Crippen LogP contribution in [-0.2, 0) is 5.41 Å². The molecule has 0 bridgehead atoms. The van der Waals surface area contributed by atoms with Gasteiger partial charge < -0.3 is 4.42 Å². The van der Waals surface area contributed by atoms with Gasteiger partial charge in [-0.1, -0.05) is 87.0 Å². The van der Waals surface area contributed by atoms with Gasteiger partial charge in [0.25, 0.3) is 0 Å². The summed E-state index contributed by atoms with van der Waals surface area (Å²) in [5.74, 6) is -0.575. The smallest absolute Gasteiger partial charge is 0.144 e. The Morgan fingerprint density at radius 2 is 1.41 bits per heavy atom. The van der Waals surface area contributed by atoms with Crippen molar-refractivity contribution in [3.05, 3.63) is 101 Å². The third kappa shape index (κ3) is 4.43. The van der Waals surface area contributed by atoms with E-state index in [4.69, 9.17) is 20.1 Å². The Balaban J connectivity index is 1.56. The number of hydrogen-bond donors (Lipinski definition) is 0. The standard InChI is InChI=1S/C35H25B2FN2O/c1-19-8-10-20(11-9-19)21-12-14-22(15-13-21)27-23(18-39)16-17-25-24-6-5-7-26(32(24)41-33(25)27)31-29(36)30(38)28(34(37)40-31)35(2,3)4/h5-17H,1-4H3. The minimum absolute atomic E-state index is 0.0817. The summed E-state index contributed by atoms with van der Waals surface area (Å²) in [5.41, 5.74) is 6.96. The van der Waals surface area contributed by atoms with E-state index >= 15 is 4.39 Å². The predicted molar refractivity (Wildman–Crippen MR) is 167 cm³/mol. The van der Waals surface area contributed by atoms with Crippen LogP contribution in [0.2, 0.25) is 0 Å². The van der Waals surface area contributed by atoms with Crippen LogP contribution in [0.1, 0.15) is 37.5 Å². The van der Waals surface area contributed by atoms with Crippen molar-refractivity contribution in [3.63, 3.8) is 0 Å². The highest BCUT2D eigenvalue weighted by Gasteiger charge is 2.26. The summed E-state index contributed by atoms with van der Waals surface area (Å²) in [6, 6.07) is 28.0. The summed E-state index contributed by atoms with van der Waals surface area (Å²) < 4.78 is 22.1. The van der Waals surface area contributed by atoms with Crippen LogP contribution in [0.25, 0.3) is 55.4 Å². The number of para-hydroxylation sites is 1. The lowest BCUT2D eigenvalue weighted by molar-refractivity contribution is 0.529. The summed E-state index contributed by atoms with van der Waals surface area (Å²) in [7, 11) is 12.6. The van der Waals surface area contributed by atoms with Crippen LogP contribution < -0.4 is 11.1 Å². The number of rotatable bonds is 3. The summed E-state index contributed by atoms with van der Waals surface area (Å²) in [6.45, 7) is 7.66. The third-order valence-corrected chi connectivity index (χ3v) is 7.55. The molecule has 4 radical (unpaired) electrons. The molecule has 0 fully saturated rings. The molecule has 4 aromatic carbocycles. The third-order valence-electron chi connectivity index (χ3n) is 7.55. The van der Waals surface area contributed by atoms with Crippen LogP contribution in [0.4, 0.5) is 4.39 Å². The van der Waals surface area contributed by atoms with E-state index < -0.39 is 11.2 Å². The number of fused-ring (bicyclic) bond motifs is 3. The molecule has 0 amide bonds. The van der Waals surface area contributed by atoms with E-state index in [-0.39, 0.29) is 22.3 Å². The SMILES string of the molecule is [B]c1nc(-c2cccc3c2oc2c(-c4ccc(-c5ccc(C)cc5)cc4)c(C#N)ccc23)c([B])c(F)c1C(C)(C)C. The van der Waals surface area contributed by atoms with Gasteiger partial charge in [0.1, 0.15) is 32.7 Å². The van der Waals surface area contributed by atoms with Crippen LogP contribution in [-0.4, -0.2) is 20.7 Å². The van der Waals surface area contributed by atoms with Crippen molar-refractivity contribution in [1.82, 2.24) is 4.98 Å². The molecule has 2 aromatic heterocycles. The molecule has 0 saturated carbocycles. The summed E-state index contributed by atoms with van der Waals surface area (Å²) in [6.07, 6.45) is 0. The van der Waals surface area contributed by atoms with Crippen molar-refractivity contribution in [3.8, 4) is 39.6 Å². The van der Waals surface area contributed by atoms with Gasteiger partial charge in [-0.2, -0.15) is 5.26 Å². The van der Waals surface area contributed by atoms with Crippen LogP contribution in [0.15, 0.2) is 83.3 Å². The average molecular weight is 530 g/mol. The van der Waals surface area contributed by atoms with E-state index in [1.165, 1.54) is 5.56 Å². The molecule has 6 rings (SSSR count). The van der Waals surface area contributed by atoms with Gasteiger partial charge in [-0.15, -0.1) is 0 Å². The highest BCUT2D eigenvalue weighted by molar-refractivity contribution is 6.38. The number of benzene rings is 4. The lowest BCUT2D eigenvalue weighted by atomic mass is 9.76. The molecule has 0 aliphatic rings. The molecule has 0 N–H and O–H groups in total. The fourth-order valence-corrected chi connectivity index (χ4v) is 5.51. The van der Waals surface area contributed by atoms with E-state index in [0.29, 0.717) is 27.9 Å². The monoisotopic (exact) mass is 530 g/mol. The summed E-state index contributed by atoms with van der Waals surface area (Å²) >= 11 is 0. The number of aryl methyl sites for hydroxylation is 1. The first-order valence-electron chi connectivity index (χ1n) is 13.4. The Labute approximate surface area is 241 Å². The van der Waals surface area contributed by atoms with Gasteiger partial charge in [0, 0.05) is 27.5 Å². The zero-order valence-electron chi connectivity index (χ0n) is 23.3. The Kier molecular flexibility index (Phi) is 6.35. The normalized spacial score (nSPS) is 11.7. The van der Waals surface area contributed by atoms with Gasteiger partial charge in [0.05, 0.1) is 17.3 Å². The molecule has 6 heteroatoms. The summed E-state index contributed by atoms with van der Waals surface area (Å²) in [4.78, 5) is 4.55. The van der Waals surface area contributed by atoms with Crippen molar-refractivity contribution in [1.29, 1.82) is 5.26 Å². The zero-order valence-corrected chi connectivity index (χ0v) is 23.3. The molecule has 0 saturated heterocycles. The van der Waals surface area contributed by atoms with Gasteiger partial charge in [0.15, 0.2) is 0 Å². The number of halogens is 1. The predicted octanol–water partition coefficient (Wildman–Crippen LogP) is 7.19. The Hall–Kier alpha value is -4.62. The maximum absolute atomic E-state index is 15.6. The zero-order chi connectivity index (χ0) is 29.1. The highest BCUT2D eigenvalue weighted by Crippen LogP contribution is 2.41. The molecule has 3 nitrogen and oxygen atoms in total. The van der Waals surface area contributed by atoms with Gasteiger partial charge >= 0.3 is 0 Å². The Morgan fingerprint density at radius 3 is 2.05 bits per heavy atom. The molecule has 0 atom stereocenters. The lowest BCUT2D eigenvalue weighted by Gasteiger charge is -2.24. The van der Waals surface area contributed by atoms with Crippen LogP contribution in [0.3, 0.4) is 0 Å². The van der Waals surface area contributed by atoms with E-state index in [2.05, 4.69) is 42.2 Å². The maximum Gasteiger partial charge on any atom is 0.144 e. The molecule has 0 unspecified atom stereocenters. The molecule has 0 spiro atoms. The second-order valence-electron chi connectivity index (χ2n) is 11.4. The number of furan rings is 1. The van der Waals surface area contributed by atoms with Crippen molar-refractivity contribution in [2.24, 2.45) is 0 Å². The number of nitrogens with zero attached hydrogens (tertiary/aromatic N) is 2. The largest absolute Gasteiger partial charge is 0.455 e. The number of pyridine rings is 1. The van der Waals surface area contributed by atoms with Crippen molar-refractivity contribution < 1.29 is 8.81 Å². The molecule has 0 aliphatic heterocycles. The minimum Gasteiger partial charge on any atom is -0.455 e. The first-order valence-corrected chi connectivity index (χ1v) is 13.4. The van der Waals surface area contributed by atoms with Gasteiger partial charge in [0.2, 0.25) is 0 Å². The quantitative estimate of drug-likeness (QED) is 0.228. The fraction of sp³-hybridized carbons (Fsp3) is 0.143. The van der Waals surface area contributed by atoms with Crippen LogP contribution in [0.5, 0.6) is 0 Å². The lowest BCUT2D eigenvalue weighted by Crippen LogP contribution is -2.34. The number of hydrogen-bond acceptors (Lipinski definition) is 3. The van der Waals surface area contributed by atoms with Crippen molar-refractivity contribution in [2.45, 2.75) is 33.1 Å². The molecular formula is C35H25B2FN2O. The molecule has 41 heavy (non-hydrogen) atoms. The number of nitriles is 1. The fourth-order valence-electron chi connectivity index (χ4n) is 5.51. The summed E-state index contributed by atoms with van der Waals surface area (Å²) in [5, 5.41) is 11.7. The van der Waals surface area contributed by atoms with Crippen molar-refractivity contribution in [2.75, 3.05) is 0 Å². The second kappa shape index (κ2) is 9.78. The Morgan fingerprint density at radius 1 is 0.805 bits per heavy atom. The van der Waals surface area contributed by atoms with Crippen molar-refractivity contribution >= 4 is 48.7 Å². The van der Waals surface area contributed by atoms with Gasteiger partial charge in [-0.25, -0.2) is 4.39 Å². The van der Waals surface area contributed by atoms with Gasteiger partial charge in [-0.05, 0) is 58.3 Å². The molecule has 6 aromatic rings. The average Bonchev–Trinajstić information content (AvgIpc) is 3.33. The Bertz CT molecular complexity index is 2010. The first-order chi connectivity index (χ1) is 19.6. The van der Waals surface area contributed by atoms with E-state index in [9.17, 15) is 5.26 Å². The first kappa shape index (κ1) is 26.6. The van der Waals surface area contributed by atoms with E-state index in [1.807, 2.05) is 63.2 Å². The molecule has 0 aliphatic carbocycles. The second-order valence-corrected chi connectivity index (χ2v) is 11.4. The topological polar surface area (TPSA) is 49.8 Å². The molecule has 194 valence electrons.